The molecule has 1 saturated heterocycles. The Bertz CT molecular complexity index is 971. The summed E-state index contributed by atoms with van der Waals surface area (Å²) in [6, 6.07) is 13.8. The summed E-state index contributed by atoms with van der Waals surface area (Å²) >= 11 is 0. The molecular formula is C20H23N3O4S. The van der Waals surface area contributed by atoms with E-state index >= 15 is 0 Å². The third-order valence-electron chi connectivity index (χ3n) is 4.60. The maximum Gasteiger partial charge on any atom is 0.251 e. The maximum absolute atomic E-state index is 12.3. The van der Waals surface area contributed by atoms with Crippen molar-refractivity contribution in [2.75, 3.05) is 28.5 Å². The average Bonchev–Trinajstić information content (AvgIpc) is 3.05. The van der Waals surface area contributed by atoms with Crippen LogP contribution in [-0.2, 0) is 21.2 Å². The van der Waals surface area contributed by atoms with Crippen molar-refractivity contribution < 1.29 is 18.0 Å². The zero-order valence-electron chi connectivity index (χ0n) is 15.6. The molecule has 1 aliphatic rings. The molecule has 7 nitrogen and oxygen atoms in total. The molecule has 2 aromatic rings. The van der Waals surface area contributed by atoms with E-state index in [-0.39, 0.29) is 18.2 Å². The van der Waals surface area contributed by atoms with Crippen LogP contribution in [0.2, 0.25) is 0 Å². The molecule has 0 atom stereocenters. The average molecular weight is 401 g/mol. The molecule has 0 saturated carbocycles. The van der Waals surface area contributed by atoms with E-state index in [0.29, 0.717) is 24.2 Å². The Kier molecular flexibility index (Phi) is 5.99. The lowest BCUT2D eigenvalue weighted by Crippen LogP contribution is -2.33. The number of nitrogens with one attached hydrogen (secondary N) is 2. The first kappa shape index (κ1) is 19.9. The normalized spacial score (nSPS) is 15.2. The number of carbonyl (C=O) groups is 2. The number of aryl methyl sites for hydroxylation is 1. The first-order valence-corrected chi connectivity index (χ1v) is 10.8. The quantitative estimate of drug-likeness (QED) is 0.775. The number of anilines is 2. The number of hydrogen-bond donors (Lipinski definition) is 2. The number of hydrogen-bond acceptors (Lipinski definition) is 4. The van der Waals surface area contributed by atoms with E-state index in [4.69, 9.17) is 0 Å². The number of sulfonamides is 1. The van der Waals surface area contributed by atoms with E-state index in [9.17, 15) is 18.0 Å². The monoisotopic (exact) mass is 401 g/mol. The van der Waals surface area contributed by atoms with Gasteiger partial charge in [-0.2, -0.15) is 0 Å². The summed E-state index contributed by atoms with van der Waals surface area (Å²) in [6.45, 7) is 2.30. The summed E-state index contributed by atoms with van der Waals surface area (Å²) in [5, 5.41) is 5.38. The van der Waals surface area contributed by atoms with Gasteiger partial charge in [-0.15, -0.1) is 0 Å². The van der Waals surface area contributed by atoms with Gasteiger partial charge in [0, 0.05) is 17.8 Å². The van der Waals surface area contributed by atoms with Crippen molar-refractivity contribution >= 4 is 33.2 Å². The molecular weight excluding hydrogens is 378 g/mol. The molecule has 0 aliphatic carbocycles. The second kappa shape index (κ2) is 8.43. The Balaban J connectivity index is 1.57. The minimum absolute atomic E-state index is 0.144. The number of nitrogens with zero attached hydrogens (tertiary/aromatic N) is 1. The molecule has 2 amide bonds. The summed E-state index contributed by atoms with van der Waals surface area (Å²) in [4.78, 5) is 24.4. The summed E-state index contributed by atoms with van der Waals surface area (Å²) in [5.41, 5.74) is 2.67. The van der Waals surface area contributed by atoms with Gasteiger partial charge in [0.15, 0.2) is 0 Å². The van der Waals surface area contributed by atoms with Crippen molar-refractivity contribution in [3.63, 3.8) is 0 Å². The van der Waals surface area contributed by atoms with Crippen LogP contribution in [0.1, 0.15) is 29.3 Å². The lowest BCUT2D eigenvalue weighted by molar-refractivity contribution is -0.115. The van der Waals surface area contributed by atoms with E-state index in [1.54, 1.807) is 24.3 Å². The van der Waals surface area contributed by atoms with Crippen LogP contribution in [0.3, 0.4) is 0 Å². The van der Waals surface area contributed by atoms with Gasteiger partial charge in [0.2, 0.25) is 15.9 Å². The van der Waals surface area contributed by atoms with Crippen LogP contribution >= 0.6 is 0 Å². The van der Waals surface area contributed by atoms with E-state index in [1.165, 1.54) is 4.31 Å². The number of benzene rings is 2. The van der Waals surface area contributed by atoms with Crippen LogP contribution < -0.4 is 14.9 Å². The van der Waals surface area contributed by atoms with Crippen molar-refractivity contribution in [3.8, 4) is 0 Å². The van der Waals surface area contributed by atoms with Gasteiger partial charge in [0.05, 0.1) is 18.0 Å². The van der Waals surface area contributed by atoms with Crippen LogP contribution in [0, 0.1) is 0 Å². The van der Waals surface area contributed by atoms with Crippen molar-refractivity contribution in [2.45, 2.75) is 19.8 Å². The third kappa shape index (κ3) is 4.51. The van der Waals surface area contributed by atoms with Gasteiger partial charge in [0.1, 0.15) is 0 Å². The summed E-state index contributed by atoms with van der Waals surface area (Å²) in [5.74, 6) is -0.560. The summed E-state index contributed by atoms with van der Waals surface area (Å²) in [7, 11) is -3.25. The minimum Gasteiger partial charge on any atom is -0.343 e. The second-order valence-electron chi connectivity index (χ2n) is 6.53. The van der Waals surface area contributed by atoms with Gasteiger partial charge in [0.25, 0.3) is 5.91 Å². The van der Waals surface area contributed by atoms with Gasteiger partial charge in [-0.1, -0.05) is 25.1 Å². The fourth-order valence-corrected chi connectivity index (χ4v) is 4.68. The van der Waals surface area contributed by atoms with Crippen molar-refractivity contribution in [1.82, 2.24) is 5.32 Å². The van der Waals surface area contributed by atoms with E-state index in [2.05, 4.69) is 10.6 Å². The van der Waals surface area contributed by atoms with Crippen molar-refractivity contribution in [2.24, 2.45) is 0 Å². The van der Waals surface area contributed by atoms with Crippen molar-refractivity contribution in [1.29, 1.82) is 0 Å². The maximum atomic E-state index is 12.3. The Morgan fingerprint density at radius 3 is 2.43 bits per heavy atom. The number of rotatable bonds is 6. The van der Waals surface area contributed by atoms with Crippen LogP contribution in [-0.4, -0.2) is 39.1 Å². The molecule has 0 spiro atoms. The topological polar surface area (TPSA) is 95.6 Å². The molecule has 148 valence electrons. The molecule has 0 bridgehead atoms. The van der Waals surface area contributed by atoms with E-state index in [0.717, 1.165) is 17.7 Å². The second-order valence-corrected chi connectivity index (χ2v) is 8.54. The molecule has 1 heterocycles. The van der Waals surface area contributed by atoms with Crippen LogP contribution in [0.5, 0.6) is 0 Å². The number of para-hydroxylation sites is 1. The van der Waals surface area contributed by atoms with Gasteiger partial charge >= 0.3 is 0 Å². The first-order chi connectivity index (χ1) is 13.4. The molecule has 2 N–H and O–H groups in total. The van der Waals surface area contributed by atoms with Gasteiger partial charge in [-0.3, -0.25) is 13.9 Å². The molecule has 1 aliphatic heterocycles. The molecule has 2 aromatic carbocycles. The van der Waals surface area contributed by atoms with Crippen LogP contribution in [0.4, 0.5) is 11.4 Å². The van der Waals surface area contributed by atoms with Crippen molar-refractivity contribution in [3.05, 3.63) is 59.7 Å². The fourth-order valence-electron chi connectivity index (χ4n) is 3.12. The molecule has 0 unspecified atom stereocenters. The highest BCUT2D eigenvalue weighted by Crippen LogP contribution is 2.24. The van der Waals surface area contributed by atoms with Gasteiger partial charge < -0.3 is 10.6 Å². The van der Waals surface area contributed by atoms with E-state index < -0.39 is 15.9 Å². The SMILES string of the molecule is CCc1ccccc1NC(=O)CNC(=O)c1ccc(N2CCCS2(=O)=O)cc1. The minimum atomic E-state index is -3.25. The van der Waals surface area contributed by atoms with Crippen LogP contribution in [0.25, 0.3) is 0 Å². The lowest BCUT2D eigenvalue weighted by atomic mass is 10.1. The largest absolute Gasteiger partial charge is 0.343 e. The third-order valence-corrected chi connectivity index (χ3v) is 6.47. The highest BCUT2D eigenvalue weighted by molar-refractivity contribution is 7.93. The highest BCUT2D eigenvalue weighted by atomic mass is 32.2. The first-order valence-electron chi connectivity index (χ1n) is 9.17. The molecule has 28 heavy (non-hydrogen) atoms. The smallest absolute Gasteiger partial charge is 0.251 e. The predicted octanol–water partition coefficient (Wildman–Crippen LogP) is 2.16. The molecule has 8 heteroatoms. The van der Waals surface area contributed by atoms with Crippen LogP contribution in [0.15, 0.2) is 48.5 Å². The Hall–Kier alpha value is -2.87. The predicted molar refractivity (Wildman–Crippen MR) is 109 cm³/mol. The number of amides is 2. The molecule has 0 radical (unpaired) electrons. The van der Waals surface area contributed by atoms with E-state index in [1.807, 2.05) is 31.2 Å². The Morgan fingerprint density at radius 1 is 1.07 bits per heavy atom. The summed E-state index contributed by atoms with van der Waals surface area (Å²) in [6.07, 6.45) is 1.39. The van der Waals surface area contributed by atoms with Gasteiger partial charge in [-0.25, -0.2) is 8.42 Å². The zero-order valence-corrected chi connectivity index (χ0v) is 16.5. The fraction of sp³-hybridized carbons (Fsp3) is 0.300. The molecule has 1 fully saturated rings. The summed E-state index contributed by atoms with van der Waals surface area (Å²) < 4.78 is 25.3. The highest BCUT2D eigenvalue weighted by Gasteiger charge is 2.28. The molecule has 3 rings (SSSR count). The number of carbonyl (C=O) groups excluding carboxylic acids is 2. The standard InChI is InChI=1S/C20H23N3O4S/c1-2-15-6-3-4-7-18(15)22-19(24)14-21-20(25)16-8-10-17(11-9-16)23-12-5-13-28(23,26)27/h3-4,6-11H,2,5,12-14H2,1H3,(H,21,25)(H,22,24). The Labute approximate surface area is 164 Å². The Morgan fingerprint density at radius 2 is 1.79 bits per heavy atom. The lowest BCUT2D eigenvalue weighted by Gasteiger charge is -2.17. The van der Waals surface area contributed by atoms with Gasteiger partial charge in [-0.05, 0) is 48.7 Å². The molecule has 0 aromatic heterocycles. The zero-order chi connectivity index (χ0) is 20.1.